The summed E-state index contributed by atoms with van der Waals surface area (Å²) in [5, 5.41) is 13.8. The highest BCUT2D eigenvalue weighted by molar-refractivity contribution is 5.46. The standard InChI is InChI=1S/C11H15N3O3/c1-8-4-11(13-6-10(8)14(15)16)12-5-9-2-3-17-7-9/h4,6,9H,2-3,5,7H2,1H3,(H,12,13). The highest BCUT2D eigenvalue weighted by atomic mass is 16.6. The molecule has 0 saturated carbocycles. The van der Waals surface area contributed by atoms with Crippen LogP contribution in [-0.2, 0) is 4.74 Å². The third kappa shape index (κ3) is 2.91. The van der Waals surface area contributed by atoms with Crippen LogP contribution in [0.4, 0.5) is 11.5 Å². The largest absolute Gasteiger partial charge is 0.381 e. The van der Waals surface area contributed by atoms with Crippen LogP contribution in [0.2, 0.25) is 0 Å². The van der Waals surface area contributed by atoms with Gasteiger partial charge in [-0.3, -0.25) is 10.1 Å². The van der Waals surface area contributed by atoms with Crippen LogP contribution >= 0.6 is 0 Å². The van der Waals surface area contributed by atoms with Gasteiger partial charge in [0.2, 0.25) is 0 Å². The summed E-state index contributed by atoms with van der Waals surface area (Å²) in [7, 11) is 0. The number of nitrogens with zero attached hydrogens (tertiary/aromatic N) is 2. The molecular weight excluding hydrogens is 222 g/mol. The van der Waals surface area contributed by atoms with E-state index >= 15 is 0 Å². The van der Waals surface area contributed by atoms with Crippen LogP contribution < -0.4 is 5.32 Å². The van der Waals surface area contributed by atoms with Gasteiger partial charge in [-0.1, -0.05) is 0 Å². The van der Waals surface area contributed by atoms with Gasteiger partial charge in [0.1, 0.15) is 12.0 Å². The molecule has 1 atom stereocenters. The first-order valence-electron chi connectivity index (χ1n) is 5.59. The number of hydrogen-bond donors (Lipinski definition) is 1. The number of ether oxygens (including phenoxy) is 1. The molecule has 1 aromatic rings. The minimum absolute atomic E-state index is 0.0553. The number of aromatic nitrogens is 1. The maximum Gasteiger partial charge on any atom is 0.290 e. The summed E-state index contributed by atoms with van der Waals surface area (Å²) in [6.07, 6.45) is 2.35. The van der Waals surface area contributed by atoms with Gasteiger partial charge in [-0.05, 0) is 19.4 Å². The minimum atomic E-state index is -0.420. The lowest BCUT2D eigenvalue weighted by Gasteiger charge is -2.10. The Balaban J connectivity index is 1.97. The molecule has 92 valence electrons. The first kappa shape index (κ1) is 11.8. The Hall–Kier alpha value is -1.69. The topological polar surface area (TPSA) is 77.3 Å². The maximum absolute atomic E-state index is 10.6. The van der Waals surface area contributed by atoms with E-state index in [4.69, 9.17) is 4.74 Å². The summed E-state index contributed by atoms with van der Waals surface area (Å²) in [6, 6.07) is 1.70. The van der Waals surface area contributed by atoms with Crippen molar-refractivity contribution in [1.82, 2.24) is 4.98 Å². The second-order valence-corrected chi connectivity index (χ2v) is 4.22. The van der Waals surface area contributed by atoms with Gasteiger partial charge in [-0.15, -0.1) is 0 Å². The Morgan fingerprint density at radius 1 is 1.71 bits per heavy atom. The summed E-state index contributed by atoms with van der Waals surface area (Å²) in [6.45, 7) is 4.10. The molecular formula is C11H15N3O3. The molecule has 1 unspecified atom stereocenters. The van der Waals surface area contributed by atoms with Gasteiger partial charge in [0, 0.05) is 24.6 Å². The van der Waals surface area contributed by atoms with Crippen molar-refractivity contribution >= 4 is 11.5 Å². The molecule has 6 heteroatoms. The van der Waals surface area contributed by atoms with Gasteiger partial charge in [-0.2, -0.15) is 0 Å². The lowest BCUT2D eigenvalue weighted by Crippen LogP contribution is -2.14. The van der Waals surface area contributed by atoms with E-state index < -0.39 is 4.92 Å². The first-order valence-corrected chi connectivity index (χ1v) is 5.59. The van der Waals surface area contributed by atoms with E-state index in [9.17, 15) is 10.1 Å². The van der Waals surface area contributed by atoms with Gasteiger partial charge < -0.3 is 10.1 Å². The number of nitrogens with one attached hydrogen (secondary N) is 1. The van der Waals surface area contributed by atoms with Crippen LogP contribution in [0.3, 0.4) is 0 Å². The second kappa shape index (κ2) is 5.09. The zero-order valence-electron chi connectivity index (χ0n) is 9.68. The van der Waals surface area contributed by atoms with Crippen molar-refractivity contribution in [3.63, 3.8) is 0 Å². The molecule has 0 amide bonds. The number of aryl methyl sites for hydroxylation is 1. The van der Waals surface area contributed by atoms with Crippen LogP contribution in [0.15, 0.2) is 12.3 Å². The molecule has 1 saturated heterocycles. The van der Waals surface area contributed by atoms with E-state index in [0.717, 1.165) is 26.2 Å². The quantitative estimate of drug-likeness (QED) is 0.637. The number of nitro groups is 1. The summed E-state index contributed by atoms with van der Waals surface area (Å²) < 4.78 is 5.27. The van der Waals surface area contributed by atoms with Gasteiger partial charge >= 0.3 is 0 Å². The number of anilines is 1. The Morgan fingerprint density at radius 2 is 2.53 bits per heavy atom. The van der Waals surface area contributed by atoms with Crippen LogP contribution in [0, 0.1) is 23.0 Å². The molecule has 1 aromatic heterocycles. The van der Waals surface area contributed by atoms with E-state index in [2.05, 4.69) is 10.3 Å². The lowest BCUT2D eigenvalue weighted by atomic mass is 10.1. The predicted molar refractivity (Wildman–Crippen MR) is 63.0 cm³/mol. The molecule has 2 heterocycles. The van der Waals surface area contributed by atoms with Crippen LogP contribution in [0.25, 0.3) is 0 Å². The van der Waals surface area contributed by atoms with Crippen LogP contribution in [0.1, 0.15) is 12.0 Å². The number of hydrogen-bond acceptors (Lipinski definition) is 5. The zero-order chi connectivity index (χ0) is 12.3. The Morgan fingerprint density at radius 3 is 3.12 bits per heavy atom. The second-order valence-electron chi connectivity index (χ2n) is 4.22. The van der Waals surface area contributed by atoms with Crippen molar-refractivity contribution in [1.29, 1.82) is 0 Å². The molecule has 6 nitrogen and oxygen atoms in total. The molecule has 0 aromatic carbocycles. The normalized spacial score (nSPS) is 19.2. The van der Waals surface area contributed by atoms with Gasteiger partial charge in [0.05, 0.1) is 11.5 Å². The van der Waals surface area contributed by atoms with E-state index in [0.29, 0.717) is 17.3 Å². The molecule has 1 N–H and O–H groups in total. The molecule has 1 fully saturated rings. The smallest absolute Gasteiger partial charge is 0.290 e. The molecule has 1 aliphatic heterocycles. The number of rotatable bonds is 4. The van der Waals surface area contributed by atoms with E-state index in [1.165, 1.54) is 6.20 Å². The van der Waals surface area contributed by atoms with Crippen molar-refractivity contribution in [2.45, 2.75) is 13.3 Å². The molecule has 0 radical (unpaired) electrons. The van der Waals surface area contributed by atoms with Crippen LogP contribution in [-0.4, -0.2) is 29.7 Å². The Labute approximate surface area is 99.2 Å². The van der Waals surface area contributed by atoms with E-state index in [1.807, 2.05) is 0 Å². The van der Waals surface area contributed by atoms with Crippen molar-refractivity contribution in [3.8, 4) is 0 Å². The average molecular weight is 237 g/mol. The number of pyridine rings is 1. The van der Waals surface area contributed by atoms with Crippen molar-refractivity contribution in [2.75, 3.05) is 25.1 Å². The molecule has 0 bridgehead atoms. The van der Waals surface area contributed by atoms with Crippen molar-refractivity contribution in [3.05, 3.63) is 27.9 Å². The molecule has 0 aliphatic carbocycles. The van der Waals surface area contributed by atoms with Crippen LogP contribution in [0.5, 0.6) is 0 Å². The summed E-state index contributed by atoms with van der Waals surface area (Å²) in [5.41, 5.74) is 0.676. The Bertz CT molecular complexity index is 416. The predicted octanol–water partition coefficient (Wildman–Crippen LogP) is 1.75. The summed E-state index contributed by atoms with van der Waals surface area (Å²) >= 11 is 0. The van der Waals surface area contributed by atoms with Gasteiger partial charge in [0.25, 0.3) is 5.69 Å². The zero-order valence-corrected chi connectivity index (χ0v) is 9.68. The third-order valence-electron chi connectivity index (χ3n) is 2.88. The molecule has 17 heavy (non-hydrogen) atoms. The fourth-order valence-electron chi connectivity index (χ4n) is 1.83. The highest BCUT2D eigenvalue weighted by Crippen LogP contribution is 2.19. The molecule has 1 aliphatic rings. The maximum atomic E-state index is 10.6. The minimum Gasteiger partial charge on any atom is -0.381 e. The van der Waals surface area contributed by atoms with Gasteiger partial charge in [-0.25, -0.2) is 4.98 Å². The Kier molecular flexibility index (Phi) is 3.53. The summed E-state index contributed by atoms with van der Waals surface area (Å²) in [4.78, 5) is 14.2. The first-order chi connectivity index (χ1) is 8.16. The highest BCUT2D eigenvalue weighted by Gasteiger charge is 2.16. The molecule has 2 rings (SSSR count). The van der Waals surface area contributed by atoms with E-state index in [-0.39, 0.29) is 5.69 Å². The van der Waals surface area contributed by atoms with Gasteiger partial charge in [0.15, 0.2) is 0 Å². The third-order valence-corrected chi connectivity index (χ3v) is 2.88. The van der Waals surface area contributed by atoms with E-state index in [1.54, 1.807) is 13.0 Å². The fourth-order valence-corrected chi connectivity index (χ4v) is 1.83. The average Bonchev–Trinajstić information content (AvgIpc) is 2.78. The SMILES string of the molecule is Cc1cc(NCC2CCOC2)ncc1[N+](=O)[O-]. The summed E-state index contributed by atoms with van der Waals surface area (Å²) in [5.74, 6) is 1.19. The molecule has 0 spiro atoms. The van der Waals surface area contributed by atoms with Crippen molar-refractivity contribution in [2.24, 2.45) is 5.92 Å². The monoisotopic (exact) mass is 237 g/mol. The fraction of sp³-hybridized carbons (Fsp3) is 0.545. The lowest BCUT2D eigenvalue weighted by molar-refractivity contribution is -0.385. The van der Waals surface area contributed by atoms with Crippen molar-refractivity contribution < 1.29 is 9.66 Å².